The second-order valence-corrected chi connectivity index (χ2v) is 12.9. The van der Waals surface area contributed by atoms with Crippen LogP contribution in [0.15, 0.2) is 188 Å². The molecule has 3 nitrogen and oxygen atoms in total. The first-order valence-corrected chi connectivity index (χ1v) is 17.3. The summed E-state index contributed by atoms with van der Waals surface area (Å²) in [7, 11) is 0. The van der Waals surface area contributed by atoms with E-state index in [-0.39, 0.29) is 0 Å². The van der Waals surface area contributed by atoms with E-state index in [0.717, 1.165) is 33.6 Å². The van der Waals surface area contributed by atoms with E-state index < -0.39 is 0 Å². The minimum atomic E-state index is 0.927. The maximum absolute atomic E-state index is 4.27. The van der Waals surface area contributed by atoms with Gasteiger partial charge >= 0.3 is 0 Å². The normalized spacial score (nSPS) is 11.9. The smallest absolute Gasteiger partial charge is 0.0547 e. The van der Waals surface area contributed by atoms with Crippen molar-refractivity contribution < 1.29 is 0 Å². The largest absolute Gasteiger partial charge is 0.309 e. The number of rotatable bonds is 7. The highest BCUT2D eigenvalue weighted by Crippen LogP contribution is 2.37. The minimum absolute atomic E-state index is 0.927. The van der Waals surface area contributed by atoms with Crippen LogP contribution >= 0.6 is 0 Å². The number of hydrogen-bond donors (Lipinski definition) is 0. The number of fused-ring (bicyclic) bond motifs is 6. The van der Waals surface area contributed by atoms with Gasteiger partial charge in [0.2, 0.25) is 0 Å². The van der Waals surface area contributed by atoms with Crippen LogP contribution in [0.3, 0.4) is 0 Å². The van der Waals surface area contributed by atoms with Crippen molar-refractivity contribution in [1.29, 1.82) is 0 Å². The fourth-order valence-electron chi connectivity index (χ4n) is 7.49. The van der Waals surface area contributed by atoms with Crippen LogP contribution in [0.25, 0.3) is 82.8 Å². The van der Waals surface area contributed by atoms with Crippen molar-refractivity contribution in [3.63, 3.8) is 0 Å². The highest BCUT2D eigenvalue weighted by atomic mass is 15.0. The molecule has 0 aliphatic carbocycles. The zero-order valence-corrected chi connectivity index (χ0v) is 28.4. The molecule has 0 bridgehead atoms. The number of nitrogens with zero attached hydrogens (tertiary/aromatic N) is 3. The molecule has 3 heteroatoms. The van der Waals surface area contributed by atoms with Gasteiger partial charge in [0.25, 0.3) is 0 Å². The third-order valence-electron chi connectivity index (χ3n) is 9.87. The van der Waals surface area contributed by atoms with E-state index in [1.54, 1.807) is 12.4 Å². The van der Waals surface area contributed by atoms with Gasteiger partial charge in [-0.2, -0.15) is 0 Å². The van der Waals surface area contributed by atoms with E-state index in [0.29, 0.717) is 0 Å². The van der Waals surface area contributed by atoms with Crippen LogP contribution < -0.4 is 0 Å². The van der Waals surface area contributed by atoms with Crippen molar-refractivity contribution in [2.75, 3.05) is 0 Å². The standard InChI is InChI=1S/C48H35N3/c1-3-49-28-27-33(2)34-13-10-14-35(29-34)36-15-11-18-40(30-36)51-47-24-9-6-21-43(47)44-26-25-38(32-48(44)51)37-16-12-17-39(31-37)50-45-22-7-4-19-41(45)42-20-5-8-23-46(42)50/h3-32H,2H2,1H3/b28-27-,49-3-. The maximum Gasteiger partial charge on any atom is 0.0547 e. The molecule has 51 heavy (non-hydrogen) atoms. The molecular formula is C48H35N3. The monoisotopic (exact) mass is 653 g/mol. The minimum Gasteiger partial charge on any atom is -0.309 e. The van der Waals surface area contributed by atoms with Crippen molar-refractivity contribution in [2.45, 2.75) is 6.92 Å². The number of para-hydroxylation sites is 3. The predicted molar refractivity (Wildman–Crippen MR) is 218 cm³/mol. The third-order valence-corrected chi connectivity index (χ3v) is 9.87. The molecule has 2 heterocycles. The lowest BCUT2D eigenvalue weighted by atomic mass is 9.99. The Morgan fingerprint density at radius 2 is 0.941 bits per heavy atom. The molecule has 0 N–H and O–H groups in total. The molecule has 0 saturated carbocycles. The highest BCUT2D eigenvalue weighted by molar-refractivity contribution is 6.11. The van der Waals surface area contributed by atoms with Gasteiger partial charge in [0.15, 0.2) is 0 Å². The first-order chi connectivity index (χ1) is 25.2. The molecule has 0 atom stereocenters. The molecule has 0 aliphatic rings. The van der Waals surface area contributed by atoms with Crippen LogP contribution in [0.4, 0.5) is 0 Å². The predicted octanol–water partition coefficient (Wildman–Crippen LogP) is 12.8. The average molecular weight is 654 g/mol. The molecule has 9 rings (SSSR count). The molecule has 7 aromatic carbocycles. The Hall–Kier alpha value is -6.71. The zero-order chi connectivity index (χ0) is 34.3. The van der Waals surface area contributed by atoms with Gasteiger partial charge in [-0.05, 0) is 101 Å². The van der Waals surface area contributed by atoms with Gasteiger partial charge in [-0.25, -0.2) is 0 Å². The topological polar surface area (TPSA) is 22.2 Å². The van der Waals surface area contributed by atoms with Crippen molar-refractivity contribution in [2.24, 2.45) is 4.99 Å². The van der Waals surface area contributed by atoms with Gasteiger partial charge in [-0.15, -0.1) is 0 Å². The summed E-state index contributed by atoms with van der Waals surface area (Å²) < 4.78 is 4.79. The first kappa shape index (κ1) is 30.4. The number of aliphatic imine (C=N–C) groups is 1. The summed E-state index contributed by atoms with van der Waals surface area (Å²) in [5.41, 5.74) is 13.7. The first-order valence-electron chi connectivity index (χ1n) is 17.3. The lowest BCUT2D eigenvalue weighted by Crippen LogP contribution is -1.95. The molecule has 0 aliphatic heterocycles. The molecule has 0 saturated heterocycles. The van der Waals surface area contributed by atoms with Gasteiger partial charge in [0, 0.05) is 45.3 Å². The fourth-order valence-corrected chi connectivity index (χ4v) is 7.49. The summed E-state index contributed by atoms with van der Waals surface area (Å²) in [6.07, 6.45) is 5.50. The van der Waals surface area contributed by atoms with E-state index in [1.807, 2.05) is 13.0 Å². The fraction of sp³-hybridized carbons (Fsp3) is 0.0208. The maximum atomic E-state index is 4.27. The second-order valence-electron chi connectivity index (χ2n) is 12.9. The number of hydrogen-bond acceptors (Lipinski definition) is 1. The quantitative estimate of drug-likeness (QED) is 0.121. The zero-order valence-electron chi connectivity index (χ0n) is 28.4. The number of aromatic nitrogens is 2. The van der Waals surface area contributed by atoms with E-state index >= 15 is 0 Å². The van der Waals surface area contributed by atoms with E-state index in [1.165, 1.54) is 54.7 Å². The Kier molecular flexibility index (Phi) is 7.52. The van der Waals surface area contributed by atoms with Crippen LogP contribution in [0.5, 0.6) is 0 Å². The van der Waals surface area contributed by atoms with Gasteiger partial charge < -0.3 is 9.13 Å². The lowest BCUT2D eigenvalue weighted by Gasteiger charge is -2.13. The molecule has 0 amide bonds. The molecular weight excluding hydrogens is 619 g/mol. The number of allylic oxidation sites excluding steroid dienone is 2. The summed E-state index contributed by atoms with van der Waals surface area (Å²) in [4.78, 5) is 4.20. The molecule has 0 unspecified atom stereocenters. The molecule has 242 valence electrons. The summed E-state index contributed by atoms with van der Waals surface area (Å²) in [6, 6.07) is 59.3. The molecule has 2 aromatic heterocycles. The van der Waals surface area contributed by atoms with Gasteiger partial charge in [0.1, 0.15) is 0 Å². The summed E-state index contributed by atoms with van der Waals surface area (Å²) in [6.45, 7) is 6.18. The van der Waals surface area contributed by atoms with Crippen molar-refractivity contribution in [3.8, 4) is 33.6 Å². The summed E-state index contributed by atoms with van der Waals surface area (Å²) in [5.74, 6) is 0. The van der Waals surface area contributed by atoms with Gasteiger partial charge in [0.05, 0.1) is 22.1 Å². The van der Waals surface area contributed by atoms with E-state index in [2.05, 4.69) is 184 Å². The van der Waals surface area contributed by atoms with Gasteiger partial charge in [-0.3, -0.25) is 4.99 Å². The summed E-state index contributed by atoms with van der Waals surface area (Å²) in [5, 5.41) is 5.00. The second kappa shape index (κ2) is 12.6. The van der Waals surface area contributed by atoms with E-state index in [4.69, 9.17) is 0 Å². The van der Waals surface area contributed by atoms with Gasteiger partial charge in [-0.1, -0.05) is 116 Å². The molecule has 0 spiro atoms. The van der Waals surface area contributed by atoms with E-state index in [9.17, 15) is 0 Å². The molecule has 0 radical (unpaired) electrons. The third kappa shape index (κ3) is 5.27. The van der Waals surface area contributed by atoms with Crippen LogP contribution in [0.1, 0.15) is 12.5 Å². The SMILES string of the molecule is C=C(/C=C\N=C/C)c1cccc(-c2cccc(-n3c4ccccc4c4ccc(-c5cccc(-n6c7ccccc7c7ccccc76)c5)cc43)c2)c1. The van der Waals surface area contributed by atoms with Crippen LogP contribution in [0.2, 0.25) is 0 Å². The Morgan fingerprint density at radius 3 is 1.51 bits per heavy atom. The lowest BCUT2D eigenvalue weighted by molar-refractivity contribution is 1.18. The van der Waals surface area contributed by atoms with Crippen molar-refractivity contribution >= 4 is 55.4 Å². The Balaban J connectivity index is 1.17. The Bertz CT molecular complexity index is 2790. The van der Waals surface area contributed by atoms with Crippen molar-refractivity contribution in [3.05, 3.63) is 188 Å². The average Bonchev–Trinajstić information content (AvgIpc) is 3.71. The van der Waals surface area contributed by atoms with Crippen LogP contribution in [0, 0.1) is 0 Å². The molecule has 9 aromatic rings. The molecule has 0 fully saturated rings. The van der Waals surface area contributed by atoms with Crippen molar-refractivity contribution in [1.82, 2.24) is 9.13 Å². The Morgan fingerprint density at radius 1 is 0.471 bits per heavy atom. The van der Waals surface area contributed by atoms with Crippen LogP contribution in [-0.2, 0) is 0 Å². The number of benzene rings is 7. The summed E-state index contributed by atoms with van der Waals surface area (Å²) >= 11 is 0. The Labute approximate surface area is 297 Å². The van der Waals surface area contributed by atoms with Crippen LogP contribution in [-0.4, -0.2) is 15.3 Å². The highest BCUT2D eigenvalue weighted by Gasteiger charge is 2.16.